The van der Waals surface area contributed by atoms with Crippen LogP contribution in [0.15, 0.2) is 42.5 Å². The molecule has 1 N–H and O–H groups in total. The predicted molar refractivity (Wildman–Crippen MR) is 140 cm³/mol. The van der Waals surface area contributed by atoms with Crippen molar-refractivity contribution in [3.8, 4) is 0 Å². The maximum absolute atomic E-state index is 14.5. The summed E-state index contributed by atoms with van der Waals surface area (Å²) in [5.74, 6) is -1.59. The molecule has 0 unspecified atom stereocenters. The molecular weight excluding hydrogens is 483 g/mol. The molecule has 0 aliphatic heterocycles. The van der Waals surface area contributed by atoms with E-state index in [2.05, 4.69) is 5.32 Å². The van der Waals surface area contributed by atoms with E-state index in [0.29, 0.717) is 11.3 Å². The second kappa shape index (κ2) is 11.4. The number of carbonyl (C=O) groups excluding carboxylic acids is 2. The second-order valence-electron chi connectivity index (χ2n) is 10.1. The lowest BCUT2D eigenvalue weighted by Gasteiger charge is -2.34. The van der Waals surface area contributed by atoms with E-state index in [9.17, 15) is 22.4 Å². The molecule has 0 saturated heterocycles. The minimum atomic E-state index is -4.07. The lowest BCUT2D eigenvalue weighted by Crippen LogP contribution is -2.55. The fourth-order valence-electron chi connectivity index (χ4n) is 3.56. The zero-order valence-corrected chi connectivity index (χ0v) is 23.1. The number of halogens is 1. The van der Waals surface area contributed by atoms with Crippen LogP contribution in [0.1, 0.15) is 44.4 Å². The number of nitrogens with one attached hydrogen (secondary N) is 1. The van der Waals surface area contributed by atoms with Crippen molar-refractivity contribution in [2.24, 2.45) is 0 Å². The zero-order valence-electron chi connectivity index (χ0n) is 22.3. The van der Waals surface area contributed by atoms with Crippen molar-refractivity contribution in [2.45, 2.75) is 59.7 Å². The molecule has 0 saturated carbocycles. The Balaban J connectivity index is 2.54. The summed E-state index contributed by atoms with van der Waals surface area (Å²) >= 11 is 0. The SMILES string of the molecule is Cc1ccc(C)c(N(CC(=O)N(Cc2ccccc2F)[C@H](C)C(=O)NC(C)(C)C)S(=O)(=O)N(C)C)c1. The highest BCUT2D eigenvalue weighted by molar-refractivity contribution is 7.90. The highest BCUT2D eigenvalue weighted by Crippen LogP contribution is 2.26. The van der Waals surface area contributed by atoms with Gasteiger partial charge in [-0.05, 0) is 64.8 Å². The molecule has 0 spiro atoms. The molecular formula is C26H37FN4O4S. The lowest BCUT2D eigenvalue weighted by molar-refractivity contribution is -0.140. The van der Waals surface area contributed by atoms with E-state index in [1.807, 2.05) is 33.8 Å². The third-order valence-corrected chi connectivity index (χ3v) is 7.42. The normalized spacial score (nSPS) is 12.8. The van der Waals surface area contributed by atoms with Crippen LogP contribution in [-0.2, 0) is 26.3 Å². The number of aryl methyl sites for hydroxylation is 2. The Hall–Kier alpha value is -2.98. The Kier molecular flexibility index (Phi) is 9.25. The van der Waals surface area contributed by atoms with E-state index in [0.717, 1.165) is 14.2 Å². The molecule has 8 nitrogen and oxygen atoms in total. The highest BCUT2D eigenvalue weighted by Gasteiger charge is 2.34. The van der Waals surface area contributed by atoms with Crippen LogP contribution in [0.4, 0.5) is 10.1 Å². The summed E-state index contributed by atoms with van der Waals surface area (Å²) in [7, 11) is -1.30. The van der Waals surface area contributed by atoms with Crippen molar-refractivity contribution < 1.29 is 22.4 Å². The van der Waals surface area contributed by atoms with E-state index in [4.69, 9.17) is 0 Å². The Morgan fingerprint density at radius 3 is 2.22 bits per heavy atom. The van der Waals surface area contributed by atoms with E-state index in [1.54, 1.807) is 32.0 Å². The minimum absolute atomic E-state index is 0.202. The van der Waals surface area contributed by atoms with Crippen LogP contribution in [-0.4, -0.2) is 61.7 Å². The van der Waals surface area contributed by atoms with E-state index < -0.39 is 46.0 Å². The predicted octanol–water partition coefficient (Wildman–Crippen LogP) is 3.39. The summed E-state index contributed by atoms with van der Waals surface area (Å²) in [6.45, 7) is 9.80. The van der Waals surface area contributed by atoms with Crippen molar-refractivity contribution >= 4 is 27.7 Å². The fourth-order valence-corrected chi connectivity index (χ4v) is 4.67. The van der Waals surface area contributed by atoms with E-state index in [-0.39, 0.29) is 12.1 Å². The quantitative estimate of drug-likeness (QED) is 0.549. The third kappa shape index (κ3) is 7.27. The zero-order chi connectivity index (χ0) is 27.4. The van der Waals surface area contributed by atoms with Crippen LogP contribution in [0.5, 0.6) is 0 Å². The first-order chi connectivity index (χ1) is 16.5. The van der Waals surface area contributed by atoms with Crippen molar-refractivity contribution in [2.75, 3.05) is 24.9 Å². The molecule has 2 aromatic rings. The van der Waals surface area contributed by atoms with Gasteiger partial charge in [0.2, 0.25) is 11.8 Å². The first-order valence-corrected chi connectivity index (χ1v) is 13.1. The molecule has 2 rings (SSSR count). The average Bonchev–Trinajstić information content (AvgIpc) is 2.76. The highest BCUT2D eigenvalue weighted by atomic mass is 32.2. The number of benzene rings is 2. The Bertz CT molecular complexity index is 1210. The van der Waals surface area contributed by atoms with E-state index >= 15 is 0 Å². The molecule has 36 heavy (non-hydrogen) atoms. The van der Waals surface area contributed by atoms with Crippen LogP contribution in [0.2, 0.25) is 0 Å². The molecule has 2 aromatic carbocycles. The van der Waals surface area contributed by atoms with Gasteiger partial charge in [-0.1, -0.05) is 30.3 Å². The summed E-state index contributed by atoms with van der Waals surface area (Å²) in [4.78, 5) is 27.9. The minimum Gasteiger partial charge on any atom is -0.350 e. The summed E-state index contributed by atoms with van der Waals surface area (Å²) < 4.78 is 43.2. The largest absolute Gasteiger partial charge is 0.350 e. The molecule has 0 radical (unpaired) electrons. The van der Waals surface area contributed by atoms with Crippen LogP contribution in [0, 0.1) is 19.7 Å². The van der Waals surface area contributed by atoms with Crippen molar-refractivity contribution in [3.05, 3.63) is 65.0 Å². The smallest absolute Gasteiger partial charge is 0.304 e. The third-order valence-electron chi connectivity index (χ3n) is 5.62. The monoisotopic (exact) mass is 520 g/mol. The summed E-state index contributed by atoms with van der Waals surface area (Å²) in [5, 5.41) is 2.84. The second-order valence-corrected chi connectivity index (χ2v) is 12.2. The van der Waals surface area contributed by atoms with Gasteiger partial charge in [-0.25, -0.2) is 8.70 Å². The van der Waals surface area contributed by atoms with Gasteiger partial charge in [0.1, 0.15) is 18.4 Å². The van der Waals surface area contributed by atoms with Gasteiger partial charge in [0.25, 0.3) is 0 Å². The molecule has 0 aromatic heterocycles. The molecule has 0 heterocycles. The Labute approximate surface area is 214 Å². The van der Waals surface area contributed by atoms with Crippen LogP contribution >= 0.6 is 0 Å². The summed E-state index contributed by atoms with van der Waals surface area (Å²) in [6, 6.07) is 10.3. The lowest BCUT2D eigenvalue weighted by atomic mass is 10.1. The fraction of sp³-hybridized carbons (Fsp3) is 0.462. The molecule has 0 bridgehead atoms. The van der Waals surface area contributed by atoms with Crippen molar-refractivity contribution in [3.63, 3.8) is 0 Å². The number of rotatable bonds is 9. The topological polar surface area (TPSA) is 90.0 Å². The van der Waals surface area contributed by atoms with Crippen molar-refractivity contribution in [1.82, 2.24) is 14.5 Å². The standard InChI is InChI=1S/C26H37FN4O4S/c1-18-13-14-19(2)23(15-18)31(36(34,35)29(7)8)17-24(32)30(16-21-11-9-10-12-22(21)27)20(3)25(33)28-26(4,5)6/h9-15,20H,16-17H2,1-8H3,(H,28,33)/t20-/m1/s1. The Morgan fingerprint density at radius 1 is 1.06 bits per heavy atom. The maximum atomic E-state index is 14.5. The number of nitrogens with zero attached hydrogens (tertiary/aromatic N) is 3. The first-order valence-electron chi connectivity index (χ1n) is 11.7. The average molecular weight is 521 g/mol. The van der Waals surface area contributed by atoms with Gasteiger partial charge in [0, 0.05) is 31.7 Å². The van der Waals surface area contributed by atoms with Gasteiger partial charge in [-0.2, -0.15) is 12.7 Å². The van der Waals surface area contributed by atoms with Gasteiger partial charge < -0.3 is 10.2 Å². The molecule has 1 atom stereocenters. The number of hydrogen-bond acceptors (Lipinski definition) is 4. The molecule has 0 aliphatic rings. The van der Waals surface area contributed by atoms with Gasteiger partial charge in [0.15, 0.2) is 0 Å². The van der Waals surface area contributed by atoms with Gasteiger partial charge >= 0.3 is 10.2 Å². The van der Waals surface area contributed by atoms with Crippen LogP contribution in [0.25, 0.3) is 0 Å². The molecule has 198 valence electrons. The molecule has 0 fully saturated rings. The van der Waals surface area contributed by atoms with Crippen LogP contribution < -0.4 is 9.62 Å². The van der Waals surface area contributed by atoms with E-state index in [1.165, 1.54) is 37.2 Å². The number of hydrogen-bond donors (Lipinski definition) is 1. The number of anilines is 1. The van der Waals surface area contributed by atoms with Gasteiger partial charge in [-0.15, -0.1) is 0 Å². The van der Waals surface area contributed by atoms with Crippen LogP contribution in [0.3, 0.4) is 0 Å². The summed E-state index contributed by atoms with van der Waals surface area (Å²) in [5.41, 5.74) is 1.50. The number of carbonyl (C=O) groups is 2. The van der Waals surface area contributed by atoms with Gasteiger partial charge in [-0.3, -0.25) is 9.59 Å². The molecule has 2 amide bonds. The molecule has 0 aliphatic carbocycles. The van der Waals surface area contributed by atoms with Crippen molar-refractivity contribution in [1.29, 1.82) is 0 Å². The Morgan fingerprint density at radius 2 is 1.67 bits per heavy atom. The maximum Gasteiger partial charge on any atom is 0.304 e. The first kappa shape index (κ1) is 29.3. The summed E-state index contributed by atoms with van der Waals surface area (Å²) in [6.07, 6.45) is 0. The molecule has 10 heteroatoms. The van der Waals surface area contributed by atoms with Gasteiger partial charge in [0.05, 0.1) is 5.69 Å². The number of amides is 2.